The van der Waals surface area contributed by atoms with E-state index >= 15 is 0 Å². The van der Waals surface area contributed by atoms with Crippen LogP contribution in [0.1, 0.15) is 85.0 Å². The summed E-state index contributed by atoms with van der Waals surface area (Å²) in [6, 6.07) is 0. The molecule has 200 valence electrons. The second-order valence-electron chi connectivity index (χ2n) is 11.7. The predicted octanol–water partition coefficient (Wildman–Crippen LogP) is 4.81. The first-order chi connectivity index (χ1) is 16.2. The molecule has 3 aliphatic rings. The Hall–Kier alpha value is -1.38. The van der Waals surface area contributed by atoms with Gasteiger partial charge in [0.05, 0.1) is 18.6 Å². The lowest BCUT2D eigenvalue weighted by Crippen LogP contribution is -2.49. The molecule has 0 bridgehead atoms. The largest absolute Gasteiger partial charge is 0.417 e. The number of amides is 1. The van der Waals surface area contributed by atoms with Crippen molar-refractivity contribution in [2.75, 3.05) is 6.54 Å². The summed E-state index contributed by atoms with van der Waals surface area (Å²) in [6.45, 7) is 5.30. The Morgan fingerprint density at radius 3 is 2.46 bits per heavy atom. The highest BCUT2D eigenvalue weighted by atomic mass is 19.4. The summed E-state index contributed by atoms with van der Waals surface area (Å²) >= 11 is 0. The average Bonchev–Trinajstić information content (AvgIpc) is 2.73. The molecule has 0 heterocycles. The molecule has 3 fully saturated rings. The van der Waals surface area contributed by atoms with Crippen LogP contribution in [0.2, 0.25) is 0 Å². The maximum atomic E-state index is 12.9. The van der Waals surface area contributed by atoms with Gasteiger partial charge in [0.2, 0.25) is 5.91 Å². The molecular formula is C27H42F3NO4. The zero-order chi connectivity index (χ0) is 26.0. The van der Waals surface area contributed by atoms with E-state index in [1.807, 2.05) is 0 Å². The number of nitrogens with one attached hydrogen (secondary N) is 1. The van der Waals surface area contributed by atoms with Crippen LogP contribution in [-0.4, -0.2) is 51.8 Å². The summed E-state index contributed by atoms with van der Waals surface area (Å²) in [7, 11) is 0. The summed E-state index contributed by atoms with van der Waals surface area (Å²) in [5.41, 5.74) is -0.504. The van der Waals surface area contributed by atoms with Crippen LogP contribution in [0.5, 0.6) is 0 Å². The molecule has 0 saturated heterocycles. The van der Waals surface area contributed by atoms with Crippen molar-refractivity contribution in [2.24, 2.45) is 23.2 Å². The van der Waals surface area contributed by atoms with Gasteiger partial charge in [0.1, 0.15) is 0 Å². The van der Waals surface area contributed by atoms with Crippen molar-refractivity contribution in [1.82, 2.24) is 5.32 Å². The number of aliphatic hydroxyl groups excluding tert-OH is 2. The third-order valence-corrected chi connectivity index (χ3v) is 8.78. The van der Waals surface area contributed by atoms with Gasteiger partial charge in [-0.25, -0.2) is 0 Å². The first-order valence-corrected chi connectivity index (χ1v) is 13.0. The van der Waals surface area contributed by atoms with Crippen LogP contribution in [0, 0.1) is 23.2 Å². The topological polar surface area (TPSA) is 89.8 Å². The Labute approximate surface area is 206 Å². The standard InChI is InChI=1S/C27H42F3NO4/c1-17(16-31-24(34)15-26(3,35)27(28,29)30)22-7-4-8-23-19(6-5-11-25(22,23)2)10-9-18-12-20(32)14-21(33)13-18/h9-10,17,20-23,32-33,35H,4-8,11-16H2,1-3H3,(H,31,34)/b19-10+/t17-,20-,21-,22?,23?,25-,26-/m1/s1. The van der Waals surface area contributed by atoms with Gasteiger partial charge in [0.25, 0.3) is 0 Å². The van der Waals surface area contributed by atoms with Crippen molar-refractivity contribution in [3.05, 3.63) is 23.3 Å². The van der Waals surface area contributed by atoms with Gasteiger partial charge in [-0.1, -0.05) is 43.6 Å². The molecule has 3 saturated carbocycles. The van der Waals surface area contributed by atoms with Crippen molar-refractivity contribution < 1.29 is 33.3 Å². The fraction of sp³-hybridized carbons (Fsp3) is 0.815. The Morgan fingerprint density at radius 1 is 1.17 bits per heavy atom. The van der Waals surface area contributed by atoms with Crippen LogP contribution in [0.4, 0.5) is 13.2 Å². The first kappa shape index (κ1) is 28.2. The number of hydrogen-bond acceptors (Lipinski definition) is 4. The minimum atomic E-state index is -4.85. The summed E-state index contributed by atoms with van der Waals surface area (Å²) < 4.78 is 38.7. The molecule has 1 amide bonds. The maximum Gasteiger partial charge on any atom is 0.417 e. The van der Waals surface area contributed by atoms with Crippen molar-refractivity contribution in [3.8, 4) is 0 Å². The summed E-state index contributed by atoms with van der Waals surface area (Å²) in [4.78, 5) is 12.2. The fourth-order valence-corrected chi connectivity index (χ4v) is 6.83. The van der Waals surface area contributed by atoms with E-state index in [0.717, 1.165) is 44.1 Å². The van der Waals surface area contributed by atoms with Gasteiger partial charge >= 0.3 is 6.18 Å². The molecule has 0 radical (unpaired) electrons. The lowest BCUT2D eigenvalue weighted by Gasteiger charge is -2.53. The molecule has 0 aromatic rings. The van der Waals surface area contributed by atoms with E-state index in [1.54, 1.807) is 0 Å². The number of aliphatic hydroxyl groups is 3. The van der Waals surface area contributed by atoms with E-state index in [1.165, 1.54) is 5.57 Å². The molecular weight excluding hydrogens is 459 g/mol. The Balaban J connectivity index is 1.66. The van der Waals surface area contributed by atoms with E-state index in [4.69, 9.17) is 0 Å². The average molecular weight is 502 g/mol. The second-order valence-corrected chi connectivity index (χ2v) is 11.7. The number of rotatable bonds is 6. The molecule has 0 aromatic heterocycles. The molecule has 0 aromatic carbocycles. The molecule has 3 aliphatic carbocycles. The number of carbonyl (C=O) groups excluding carboxylic acids is 1. The maximum absolute atomic E-state index is 12.9. The summed E-state index contributed by atoms with van der Waals surface area (Å²) in [5.74, 6) is 0.0575. The predicted molar refractivity (Wildman–Crippen MR) is 128 cm³/mol. The lowest BCUT2D eigenvalue weighted by molar-refractivity contribution is -0.253. The van der Waals surface area contributed by atoms with Crippen LogP contribution >= 0.6 is 0 Å². The zero-order valence-electron chi connectivity index (χ0n) is 21.2. The first-order valence-electron chi connectivity index (χ1n) is 13.0. The Kier molecular flexibility index (Phi) is 8.81. The minimum absolute atomic E-state index is 0.0496. The van der Waals surface area contributed by atoms with Gasteiger partial charge < -0.3 is 20.6 Å². The summed E-state index contributed by atoms with van der Waals surface area (Å²) in [5, 5.41) is 32.2. The molecule has 4 N–H and O–H groups in total. The van der Waals surface area contributed by atoms with Crippen molar-refractivity contribution in [3.63, 3.8) is 0 Å². The highest BCUT2D eigenvalue weighted by molar-refractivity contribution is 5.77. The molecule has 2 unspecified atom stereocenters. The second kappa shape index (κ2) is 10.9. The van der Waals surface area contributed by atoms with Crippen LogP contribution < -0.4 is 5.32 Å². The van der Waals surface area contributed by atoms with Gasteiger partial charge in [-0.2, -0.15) is 13.2 Å². The molecule has 0 aliphatic heterocycles. The number of halogens is 3. The number of fused-ring (bicyclic) bond motifs is 1. The zero-order valence-corrected chi connectivity index (χ0v) is 21.2. The highest BCUT2D eigenvalue weighted by Crippen LogP contribution is 2.57. The third kappa shape index (κ3) is 6.69. The van der Waals surface area contributed by atoms with E-state index in [9.17, 15) is 33.3 Å². The quantitative estimate of drug-likeness (QED) is 0.421. The number of hydrogen-bond donors (Lipinski definition) is 4. The Bertz CT molecular complexity index is 810. The monoisotopic (exact) mass is 501 g/mol. The van der Waals surface area contributed by atoms with E-state index in [2.05, 4.69) is 31.3 Å². The molecule has 35 heavy (non-hydrogen) atoms. The molecule has 0 spiro atoms. The van der Waals surface area contributed by atoms with Crippen LogP contribution in [-0.2, 0) is 4.79 Å². The van der Waals surface area contributed by atoms with Crippen LogP contribution in [0.25, 0.3) is 0 Å². The van der Waals surface area contributed by atoms with Crippen molar-refractivity contribution in [1.29, 1.82) is 0 Å². The third-order valence-electron chi connectivity index (χ3n) is 8.78. The van der Waals surface area contributed by atoms with E-state index < -0.39 is 36.3 Å². The Morgan fingerprint density at radius 2 is 1.83 bits per heavy atom. The van der Waals surface area contributed by atoms with E-state index in [0.29, 0.717) is 44.6 Å². The molecule has 7 atom stereocenters. The fourth-order valence-electron chi connectivity index (χ4n) is 6.83. The van der Waals surface area contributed by atoms with Crippen LogP contribution in [0.3, 0.4) is 0 Å². The van der Waals surface area contributed by atoms with Gasteiger partial charge in [-0.05, 0) is 81.5 Å². The number of carbonyl (C=O) groups is 1. The smallest absolute Gasteiger partial charge is 0.393 e. The van der Waals surface area contributed by atoms with Gasteiger partial charge in [0, 0.05) is 6.54 Å². The summed E-state index contributed by atoms with van der Waals surface area (Å²) in [6.07, 6.45) is 5.45. The van der Waals surface area contributed by atoms with Gasteiger partial charge in [-0.15, -0.1) is 0 Å². The highest BCUT2D eigenvalue weighted by Gasteiger charge is 2.51. The molecule has 3 rings (SSSR count). The van der Waals surface area contributed by atoms with Gasteiger partial charge in [-0.3, -0.25) is 4.79 Å². The number of allylic oxidation sites excluding steroid dienone is 3. The van der Waals surface area contributed by atoms with Gasteiger partial charge in [0.15, 0.2) is 5.60 Å². The molecule has 8 heteroatoms. The lowest BCUT2D eigenvalue weighted by atomic mass is 9.52. The minimum Gasteiger partial charge on any atom is -0.393 e. The SMILES string of the molecule is C[C@H](CNC(=O)C[C@@](C)(O)C(F)(F)F)C1CCCC2/C(=C/C=C3C[C@@H](O)C[C@H](O)C3)CCC[C@@]21C. The normalized spacial score (nSPS) is 35.7. The number of alkyl halides is 3. The van der Waals surface area contributed by atoms with E-state index in [-0.39, 0.29) is 11.3 Å². The van der Waals surface area contributed by atoms with Crippen molar-refractivity contribution in [2.45, 2.75) is 109 Å². The molecule has 5 nitrogen and oxygen atoms in total. The van der Waals surface area contributed by atoms with Crippen molar-refractivity contribution >= 4 is 5.91 Å². The van der Waals surface area contributed by atoms with Crippen LogP contribution in [0.15, 0.2) is 23.3 Å².